The van der Waals surface area contributed by atoms with Crippen LogP contribution in [0.3, 0.4) is 0 Å². The van der Waals surface area contributed by atoms with E-state index in [1.165, 1.54) is 0 Å². The summed E-state index contributed by atoms with van der Waals surface area (Å²) in [7, 11) is 0. The van der Waals surface area contributed by atoms with Crippen LogP contribution in [0.2, 0.25) is 0 Å². The number of fused-ring (bicyclic) bond motifs is 3. The Morgan fingerprint density at radius 1 is 0.630 bits per heavy atom. The van der Waals surface area contributed by atoms with Crippen LogP contribution in [-0.4, -0.2) is 15.9 Å². The minimum Gasteiger partial charge on any atom is -0.322 e. The molecule has 27 heavy (non-hydrogen) atoms. The molecule has 0 fully saturated rings. The van der Waals surface area contributed by atoms with Crippen LogP contribution in [0.4, 0.5) is 5.69 Å². The number of aromatic nitrogens is 2. The van der Waals surface area contributed by atoms with Gasteiger partial charge in [-0.05, 0) is 53.2 Å². The van der Waals surface area contributed by atoms with Crippen molar-refractivity contribution in [3.05, 3.63) is 90.5 Å². The molecular formula is C23H15N3O. The lowest BCUT2D eigenvalue weighted by molar-refractivity contribution is 0.102. The number of rotatable bonds is 2. The van der Waals surface area contributed by atoms with Gasteiger partial charge in [-0.2, -0.15) is 0 Å². The van der Waals surface area contributed by atoms with Gasteiger partial charge in [-0.25, -0.2) is 9.97 Å². The minimum absolute atomic E-state index is 0.165. The molecule has 0 spiro atoms. The summed E-state index contributed by atoms with van der Waals surface area (Å²) >= 11 is 0. The van der Waals surface area contributed by atoms with Crippen molar-refractivity contribution in [3.8, 4) is 0 Å². The average molecular weight is 349 g/mol. The molecule has 0 bridgehead atoms. The Hall–Kier alpha value is -3.79. The number of carbonyl (C=O) groups excluding carboxylic acids is 1. The molecule has 0 aliphatic carbocycles. The zero-order chi connectivity index (χ0) is 18.2. The van der Waals surface area contributed by atoms with Gasteiger partial charge in [-0.1, -0.05) is 42.5 Å². The first-order valence-electron chi connectivity index (χ1n) is 8.73. The van der Waals surface area contributed by atoms with Gasteiger partial charge < -0.3 is 5.32 Å². The predicted molar refractivity (Wildman–Crippen MR) is 109 cm³/mol. The maximum atomic E-state index is 12.7. The maximum absolute atomic E-state index is 12.7. The van der Waals surface area contributed by atoms with E-state index in [-0.39, 0.29) is 5.91 Å². The molecule has 1 heterocycles. The van der Waals surface area contributed by atoms with Crippen molar-refractivity contribution in [2.75, 3.05) is 5.32 Å². The molecule has 4 aromatic carbocycles. The van der Waals surface area contributed by atoms with Crippen molar-refractivity contribution >= 4 is 44.4 Å². The van der Waals surface area contributed by atoms with E-state index in [1.807, 2.05) is 72.8 Å². The molecule has 4 heteroatoms. The topological polar surface area (TPSA) is 54.9 Å². The number of nitrogens with zero attached hydrogens (tertiary/aromatic N) is 2. The fourth-order valence-electron chi connectivity index (χ4n) is 3.23. The molecule has 0 radical (unpaired) electrons. The lowest BCUT2D eigenvalue weighted by Gasteiger charge is -2.08. The Balaban J connectivity index is 1.49. The SMILES string of the molecule is O=C(Nc1ccc2ccccc2c1)c1ccc2nc3ccccc3nc2c1. The molecule has 0 unspecified atom stereocenters. The number of para-hydroxylation sites is 2. The number of nitrogens with one attached hydrogen (secondary N) is 1. The van der Waals surface area contributed by atoms with E-state index in [0.717, 1.165) is 33.0 Å². The van der Waals surface area contributed by atoms with Crippen molar-refractivity contribution in [3.63, 3.8) is 0 Å². The van der Waals surface area contributed by atoms with E-state index in [0.29, 0.717) is 11.1 Å². The lowest BCUT2D eigenvalue weighted by Crippen LogP contribution is -2.11. The van der Waals surface area contributed by atoms with Crippen LogP contribution < -0.4 is 5.32 Å². The van der Waals surface area contributed by atoms with Crippen LogP contribution in [0.25, 0.3) is 32.8 Å². The predicted octanol–water partition coefficient (Wildman–Crippen LogP) is 5.19. The van der Waals surface area contributed by atoms with E-state index in [1.54, 1.807) is 12.1 Å². The summed E-state index contributed by atoms with van der Waals surface area (Å²) < 4.78 is 0. The highest BCUT2D eigenvalue weighted by Crippen LogP contribution is 2.21. The molecule has 0 aliphatic rings. The second-order valence-corrected chi connectivity index (χ2v) is 6.43. The van der Waals surface area contributed by atoms with Gasteiger partial charge in [-0.15, -0.1) is 0 Å². The highest BCUT2D eigenvalue weighted by molar-refractivity contribution is 6.07. The fraction of sp³-hybridized carbons (Fsp3) is 0. The molecule has 1 amide bonds. The number of anilines is 1. The maximum Gasteiger partial charge on any atom is 0.255 e. The first-order valence-corrected chi connectivity index (χ1v) is 8.73. The van der Waals surface area contributed by atoms with Crippen molar-refractivity contribution in [2.24, 2.45) is 0 Å². The normalized spacial score (nSPS) is 11.1. The molecule has 0 atom stereocenters. The Labute approximate surface area is 155 Å². The summed E-state index contributed by atoms with van der Waals surface area (Å²) in [5.41, 5.74) is 4.47. The molecule has 128 valence electrons. The van der Waals surface area contributed by atoms with Gasteiger partial charge in [-0.3, -0.25) is 4.79 Å². The number of hydrogen-bond acceptors (Lipinski definition) is 3. The first kappa shape index (κ1) is 15.5. The van der Waals surface area contributed by atoms with Gasteiger partial charge in [0.05, 0.1) is 22.1 Å². The lowest BCUT2D eigenvalue weighted by atomic mass is 10.1. The van der Waals surface area contributed by atoms with E-state index in [9.17, 15) is 4.79 Å². The van der Waals surface area contributed by atoms with Gasteiger partial charge in [0.2, 0.25) is 0 Å². The summed E-state index contributed by atoms with van der Waals surface area (Å²) in [4.78, 5) is 21.9. The minimum atomic E-state index is -0.165. The summed E-state index contributed by atoms with van der Waals surface area (Å²) in [5, 5.41) is 5.20. The summed E-state index contributed by atoms with van der Waals surface area (Å²) in [6.07, 6.45) is 0. The van der Waals surface area contributed by atoms with Crippen molar-refractivity contribution < 1.29 is 4.79 Å². The van der Waals surface area contributed by atoms with Gasteiger partial charge in [0.25, 0.3) is 5.91 Å². The third-order valence-corrected chi connectivity index (χ3v) is 4.61. The van der Waals surface area contributed by atoms with Crippen LogP contribution in [0.15, 0.2) is 84.9 Å². The summed E-state index contributed by atoms with van der Waals surface area (Å²) in [5.74, 6) is -0.165. The highest BCUT2D eigenvalue weighted by Gasteiger charge is 2.09. The Morgan fingerprint density at radius 2 is 1.30 bits per heavy atom. The quantitative estimate of drug-likeness (QED) is 0.446. The van der Waals surface area contributed by atoms with Crippen LogP contribution in [0.5, 0.6) is 0 Å². The van der Waals surface area contributed by atoms with Crippen LogP contribution >= 0.6 is 0 Å². The molecule has 0 saturated heterocycles. The fourth-order valence-corrected chi connectivity index (χ4v) is 3.23. The van der Waals surface area contributed by atoms with E-state index >= 15 is 0 Å². The van der Waals surface area contributed by atoms with E-state index in [2.05, 4.69) is 15.3 Å². The van der Waals surface area contributed by atoms with Crippen molar-refractivity contribution in [2.45, 2.75) is 0 Å². The molecule has 0 saturated carbocycles. The standard InChI is InChI=1S/C23H15N3O/c27-23(24-18-11-9-15-5-1-2-6-16(15)13-18)17-10-12-21-22(14-17)26-20-8-4-3-7-19(20)25-21/h1-14H,(H,24,27). The van der Waals surface area contributed by atoms with E-state index < -0.39 is 0 Å². The van der Waals surface area contributed by atoms with Crippen molar-refractivity contribution in [1.82, 2.24) is 9.97 Å². The molecule has 5 rings (SSSR count). The molecule has 1 aromatic heterocycles. The zero-order valence-corrected chi connectivity index (χ0v) is 14.4. The molecule has 0 aliphatic heterocycles. The monoisotopic (exact) mass is 349 g/mol. The van der Waals surface area contributed by atoms with Gasteiger partial charge >= 0.3 is 0 Å². The van der Waals surface area contributed by atoms with Crippen LogP contribution in [0.1, 0.15) is 10.4 Å². The van der Waals surface area contributed by atoms with Gasteiger partial charge in [0, 0.05) is 11.3 Å². The number of hydrogen-bond donors (Lipinski definition) is 1. The number of carbonyl (C=O) groups is 1. The highest BCUT2D eigenvalue weighted by atomic mass is 16.1. The summed E-state index contributed by atoms with van der Waals surface area (Å²) in [6, 6.07) is 27.1. The molecule has 4 nitrogen and oxygen atoms in total. The first-order chi connectivity index (χ1) is 13.3. The smallest absolute Gasteiger partial charge is 0.255 e. The largest absolute Gasteiger partial charge is 0.322 e. The summed E-state index contributed by atoms with van der Waals surface area (Å²) in [6.45, 7) is 0. The van der Waals surface area contributed by atoms with Crippen molar-refractivity contribution in [1.29, 1.82) is 0 Å². The Bertz CT molecular complexity index is 1330. The average Bonchev–Trinajstić information content (AvgIpc) is 2.71. The number of benzene rings is 4. The Morgan fingerprint density at radius 3 is 2.11 bits per heavy atom. The molecular weight excluding hydrogens is 334 g/mol. The Kier molecular flexibility index (Phi) is 3.54. The third-order valence-electron chi connectivity index (χ3n) is 4.61. The van der Waals surface area contributed by atoms with Crippen LogP contribution in [0, 0.1) is 0 Å². The second kappa shape index (κ2) is 6.18. The van der Waals surface area contributed by atoms with Gasteiger partial charge in [0.15, 0.2) is 0 Å². The second-order valence-electron chi connectivity index (χ2n) is 6.43. The van der Waals surface area contributed by atoms with Gasteiger partial charge in [0.1, 0.15) is 0 Å². The number of amides is 1. The van der Waals surface area contributed by atoms with Crippen LogP contribution in [-0.2, 0) is 0 Å². The molecule has 1 N–H and O–H groups in total. The third kappa shape index (κ3) is 2.87. The van der Waals surface area contributed by atoms with E-state index in [4.69, 9.17) is 0 Å². The molecule has 5 aromatic rings. The zero-order valence-electron chi connectivity index (χ0n) is 14.4.